The zero-order chi connectivity index (χ0) is 36.7. The predicted molar refractivity (Wildman–Crippen MR) is 208 cm³/mol. The van der Waals surface area contributed by atoms with Gasteiger partial charge in [-0.05, 0) is 85.8 Å². The maximum absolute atomic E-state index is 13.7. The molecule has 1 spiro atoms. The van der Waals surface area contributed by atoms with Crippen LogP contribution >= 0.6 is 22.9 Å². The Morgan fingerprint density at radius 1 is 1.08 bits per heavy atom. The number of rotatable bonds is 5. The molecular weight excluding hydrogens is 713 g/mol. The summed E-state index contributed by atoms with van der Waals surface area (Å²) in [6, 6.07) is 18.1. The van der Waals surface area contributed by atoms with Crippen molar-refractivity contribution < 1.29 is 18.7 Å². The summed E-state index contributed by atoms with van der Waals surface area (Å²) in [5.41, 5.74) is 7.61. The zero-order valence-corrected chi connectivity index (χ0v) is 30.9. The third-order valence-corrected chi connectivity index (χ3v) is 11.6. The van der Waals surface area contributed by atoms with Gasteiger partial charge in [-0.1, -0.05) is 17.7 Å². The summed E-state index contributed by atoms with van der Waals surface area (Å²) in [4.78, 5) is 47.0. The van der Waals surface area contributed by atoms with Gasteiger partial charge in [0, 0.05) is 68.8 Å². The van der Waals surface area contributed by atoms with Crippen molar-refractivity contribution in [1.29, 1.82) is 0 Å². The zero-order valence-electron chi connectivity index (χ0n) is 29.3. The van der Waals surface area contributed by atoms with E-state index >= 15 is 0 Å². The Kier molecular flexibility index (Phi) is 9.44. The van der Waals surface area contributed by atoms with E-state index in [1.165, 1.54) is 11.8 Å². The quantitative estimate of drug-likeness (QED) is 0.170. The average molecular weight is 750 g/mol. The lowest BCUT2D eigenvalue weighted by atomic mass is 9.73. The Hall–Kier alpha value is -5.17. The van der Waals surface area contributed by atoms with Gasteiger partial charge in [0.05, 0.1) is 37.7 Å². The van der Waals surface area contributed by atoms with Crippen molar-refractivity contribution in [2.75, 3.05) is 55.0 Å². The first-order chi connectivity index (χ1) is 25.7. The van der Waals surface area contributed by atoms with Gasteiger partial charge < -0.3 is 24.8 Å². The molecule has 0 bridgehead atoms. The minimum Gasteiger partial charge on any atom is -0.381 e. The first-order valence-corrected chi connectivity index (χ1v) is 18.7. The number of aldehydes is 1. The molecular formula is C40H37ClFN7O3S. The Morgan fingerprint density at radius 3 is 2.62 bits per heavy atom. The number of pyridine rings is 2. The van der Waals surface area contributed by atoms with Crippen molar-refractivity contribution in [3.8, 4) is 21.3 Å². The van der Waals surface area contributed by atoms with E-state index in [2.05, 4.69) is 41.1 Å². The average Bonchev–Trinajstić information content (AvgIpc) is 3.77. The van der Waals surface area contributed by atoms with Gasteiger partial charge in [-0.15, -0.1) is 11.3 Å². The van der Waals surface area contributed by atoms with Crippen LogP contribution < -0.4 is 15.1 Å². The van der Waals surface area contributed by atoms with Gasteiger partial charge >= 0.3 is 0 Å². The van der Waals surface area contributed by atoms with E-state index in [0.717, 1.165) is 108 Å². The third-order valence-electron chi connectivity index (χ3n) is 10.1. The molecule has 10 nitrogen and oxygen atoms in total. The number of H-pyrrole nitrogens is 1. The van der Waals surface area contributed by atoms with E-state index in [0.29, 0.717) is 27.3 Å². The number of para-hydroxylation sites is 1. The SMILES string of the molecule is CN1CCc2cc(-c3nc4c(Cl)cccc4[nH]3)sc2-c2ncc(F)cc21.Cc1cnc(N2CC3(CCOCC3)C2)c(C(=O)Nc2ccc(C=O)cc2)c1. The van der Waals surface area contributed by atoms with Crippen LogP contribution in [-0.4, -0.2) is 72.0 Å². The second-order valence-electron chi connectivity index (χ2n) is 13.9. The second kappa shape index (κ2) is 14.3. The third kappa shape index (κ3) is 7.01. The monoisotopic (exact) mass is 749 g/mol. The van der Waals surface area contributed by atoms with E-state index in [1.807, 2.05) is 38.2 Å². The molecule has 2 aromatic carbocycles. The number of ether oxygens (including phenoxy) is 1. The highest BCUT2D eigenvalue weighted by atomic mass is 35.5. The predicted octanol–water partition coefficient (Wildman–Crippen LogP) is 8.21. The molecule has 270 valence electrons. The minimum absolute atomic E-state index is 0.187. The lowest BCUT2D eigenvalue weighted by Crippen LogP contribution is -2.59. The van der Waals surface area contributed by atoms with Crippen LogP contribution in [0.2, 0.25) is 5.02 Å². The number of amides is 1. The van der Waals surface area contributed by atoms with Gasteiger partial charge in [0.25, 0.3) is 5.91 Å². The Labute approximate surface area is 315 Å². The molecule has 53 heavy (non-hydrogen) atoms. The summed E-state index contributed by atoms with van der Waals surface area (Å²) < 4.78 is 19.2. The topological polar surface area (TPSA) is 116 Å². The maximum Gasteiger partial charge on any atom is 0.259 e. The molecule has 2 N–H and O–H groups in total. The fourth-order valence-electron chi connectivity index (χ4n) is 7.21. The van der Waals surface area contributed by atoms with Crippen LogP contribution in [0.25, 0.3) is 32.3 Å². The highest BCUT2D eigenvalue weighted by molar-refractivity contribution is 7.19. The van der Waals surface area contributed by atoms with Gasteiger partial charge in [0.15, 0.2) is 0 Å². The largest absolute Gasteiger partial charge is 0.381 e. The molecule has 3 aliphatic rings. The molecule has 3 aliphatic heterocycles. The number of carbonyl (C=O) groups excluding carboxylic acids is 2. The maximum atomic E-state index is 13.7. The molecule has 1 amide bonds. The van der Waals surface area contributed by atoms with Crippen LogP contribution in [0.4, 0.5) is 21.6 Å². The fraction of sp³-hybridized carbons (Fsp3) is 0.275. The first kappa shape index (κ1) is 34.9. The van der Waals surface area contributed by atoms with E-state index in [9.17, 15) is 14.0 Å². The minimum atomic E-state index is -0.317. The molecule has 13 heteroatoms. The molecule has 9 rings (SSSR count). The van der Waals surface area contributed by atoms with Crippen LogP contribution in [-0.2, 0) is 11.2 Å². The van der Waals surface area contributed by atoms with Crippen LogP contribution in [0.3, 0.4) is 0 Å². The number of nitrogens with one attached hydrogen (secondary N) is 2. The summed E-state index contributed by atoms with van der Waals surface area (Å²) in [6.07, 6.45) is 6.88. The standard InChI is InChI=1S/C21H23N3O3.C19H14ClFN4S/c1-15-10-18(20(26)23-17-4-2-16(12-25)3-5-17)19(22-11-15)24-13-21(14-24)6-8-27-9-7-21;1-25-6-5-10-7-15(19-23-13-4-2-3-12(20)16(13)24-19)26-18(10)17-14(25)8-11(21)9-22-17/h2-5,10-12H,6-9,13-14H2,1H3,(H,23,26);2-4,7-9H,5-6H2,1H3,(H,23,24). The summed E-state index contributed by atoms with van der Waals surface area (Å²) >= 11 is 7.87. The Bertz CT molecular complexity index is 2330. The van der Waals surface area contributed by atoms with Crippen molar-refractivity contribution in [2.45, 2.75) is 26.2 Å². The van der Waals surface area contributed by atoms with E-state index in [4.69, 9.17) is 16.3 Å². The number of fused-ring (bicyclic) bond motifs is 4. The lowest BCUT2D eigenvalue weighted by molar-refractivity contribution is -0.000510. The smallest absolute Gasteiger partial charge is 0.259 e. The van der Waals surface area contributed by atoms with Gasteiger partial charge in [0.2, 0.25) is 0 Å². The summed E-state index contributed by atoms with van der Waals surface area (Å²) in [5, 5.41) is 3.54. The lowest BCUT2D eigenvalue weighted by Gasteiger charge is -2.53. The number of halogens is 2. The van der Waals surface area contributed by atoms with Gasteiger partial charge in [-0.2, -0.15) is 0 Å². The highest BCUT2D eigenvalue weighted by Crippen LogP contribution is 2.44. The molecule has 0 unspecified atom stereocenters. The number of anilines is 3. The number of imidazole rings is 1. The van der Waals surface area contributed by atoms with Gasteiger partial charge in [0.1, 0.15) is 35.0 Å². The highest BCUT2D eigenvalue weighted by Gasteiger charge is 2.45. The molecule has 0 atom stereocenters. The van der Waals surface area contributed by atoms with Gasteiger partial charge in [-0.3, -0.25) is 14.6 Å². The number of likely N-dealkylation sites (N-methyl/N-ethyl adjacent to an activating group) is 1. The van der Waals surface area contributed by atoms with Crippen molar-refractivity contribution in [2.24, 2.45) is 5.41 Å². The van der Waals surface area contributed by atoms with E-state index in [1.54, 1.807) is 47.9 Å². The number of aromatic amines is 1. The van der Waals surface area contributed by atoms with Crippen LogP contribution in [0, 0.1) is 18.2 Å². The molecule has 4 aromatic heterocycles. The molecule has 2 saturated heterocycles. The number of aromatic nitrogens is 4. The summed E-state index contributed by atoms with van der Waals surface area (Å²) in [7, 11) is 1.97. The fourth-order valence-corrected chi connectivity index (χ4v) is 8.58. The molecule has 2 fully saturated rings. The molecule has 6 aromatic rings. The Morgan fingerprint density at radius 2 is 1.87 bits per heavy atom. The van der Waals surface area contributed by atoms with Crippen LogP contribution in [0.15, 0.2) is 73.1 Å². The van der Waals surface area contributed by atoms with E-state index < -0.39 is 0 Å². The second-order valence-corrected chi connectivity index (χ2v) is 15.4. The number of benzene rings is 2. The van der Waals surface area contributed by atoms with Crippen LogP contribution in [0.1, 0.15) is 44.7 Å². The molecule has 7 heterocycles. The number of thiophene rings is 1. The van der Waals surface area contributed by atoms with Crippen molar-refractivity contribution >= 4 is 63.4 Å². The van der Waals surface area contributed by atoms with Crippen molar-refractivity contribution in [1.82, 2.24) is 19.9 Å². The normalized spacial score (nSPS) is 15.8. The number of carbonyl (C=O) groups is 2. The molecule has 0 saturated carbocycles. The van der Waals surface area contributed by atoms with Crippen molar-refractivity contribution in [3.05, 3.63) is 106 Å². The number of aryl methyl sites for hydroxylation is 1. The van der Waals surface area contributed by atoms with Crippen molar-refractivity contribution in [3.63, 3.8) is 0 Å². The number of hydrogen-bond donors (Lipinski definition) is 2. The first-order valence-electron chi connectivity index (χ1n) is 17.5. The van der Waals surface area contributed by atoms with E-state index in [-0.39, 0.29) is 11.7 Å². The number of hydrogen-bond acceptors (Lipinski definition) is 9. The summed E-state index contributed by atoms with van der Waals surface area (Å²) in [5.74, 6) is 1.03. The Balaban J connectivity index is 0.000000151. The molecule has 0 radical (unpaired) electrons. The molecule has 0 aliphatic carbocycles. The summed E-state index contributed by atoms with van der Waals surface area (Å²) in [6.45, 7) is 6.22. The number of nitrogens with zero attached hydrogens (tertiary/aromatic N) is 5. The van der Waals surface area contributed by atoms with Crippen LogP contribution in [0.5, 0.6) is 0 Å². The van der Waals surface area contributed by atoms with Gasteiger partial charge in [-0.25, -0.2) is 14.4 Å².